The van der Waals surface area contributed by atoms with Gasteiger partial charge < -0.3 is 10.2 Å². The van der Waals surface area contributed by atoms with Crippen molar-refractivity contribution in [1.82, 2.24) is 9.97 Å². The number of nitrogens with zero attached hydrogens (tertiary/aromatic N) is 3. The number of aryl methyl sites for hydroxylation is 2. The zero-order chi connectivity index (χ0) is 16.4. The maximum Gasteiger partial charge on any atom is 0.136 e. The van der Waals surface area contributed by atoms with Gasteiger partial charge in [-0.15, -0.1) is 0 Å². The average Bonchev–Trinajstić information content (AvgIpc) is 2.51. The Morgan fingerprint density at radius 3 is 2.57 bits per heavy atom. The third-order valence-electron chi connectivity index (χ3n) is 4.38. The second-order valence-corrected chi connectivity index (χ2v) is 7.27. The van der Waals surface area contributed by atoms with E-state index in [-0.39, 0.29) is 0 Å². The van der Waals surface area contributed by atoms with E-state index in [1.165, 1.54) is 18.4 Å². The number of rotatable bonds is 3. The molecule has 0 amide bonds. The van der Waals surface area contributed by atoms with E-state index in [0.717, 1.165) is 46.6 Å². The summed E-state index contributed by atoms with van der Waals surface area (Å²) in [7, 11) is 0. The van der Waals surface area contributed by atoms with E-state index in [0.29, 0.717) is 0 Å². The minimum absolute atomic E-state index is 0.801. The molecule has 122 valence electrons. The maximum absolute atomic E-state index is 4.62. The van der Waals surface area contributed by atoms with Crippen molar-refractivity contribution < 1.29 is 0 Å². The van der Waals surface area contributed by atoms with E-state index < -0.39 is 0 Å². The number of halogens is 1. The number of nitrogens with one attached hydrogen (secondary N) is 1. The van der Waals surface area contributed by atoms with E-state index in [1.807, 2.05) is 6.92 Å². The Kier molecular flexibility index (Phi) is 4.85. The summed E-state index contributed by atoms with van der Waals surface area (Å²) in [6.07, 6.45) is 2.47. The van der Waals surface area contributed by atoms with Crippen LogP contribution < -0.4 is 10.2 Å². The smallest absolute Gasteiger partial charge is 0.136 e. The predicted molar refractivity (Wildman–Crippen MR) is 99.5 cm³/mol. The summed E-state index contributed by atoms with van der Waals surface area (Å²) >= 11 is 3.58. The lowest BCUT2D eigenvalue weighted by atomic mass is 9.99. The summed E-state index contributed by atoms with van der Waals surface area (Å²) in [5, 5.41) is 3.39. The van der Waals surface area contributed by atoms with Gasteiger partial charge in [0.05, 0.1) is 0 Å². The molecule has 4 nitrogen and oxygen atoms in total. The molecule has 1 aromatic heterocycles. The number of anilines is 3. The molecule has 0 saturated carbocycles. The molecule has 1 aromatic carbocycles. The number of hydrogen-bond donors (Lipinski definition) is 1. The largest absolute Gasteiger partial charge is 0.356 e. The average molecular weight is 375 g/mol. The fourth-order valence-electron chi connectivity index (χ4n) is 2.83. The number of piperidine rings is 1. The van der Waals surface area contributed by atoms with Gasteiger partial charge in [0.15, 0.2) is 0 Å². The van der Waals surface area contributed by atoms with Gasteiger partial charge in [-0.1, -0.05) is 28.9 Å². The normalized spacial score (nSPS) is 15.7. The number of hydrogen-bond acceptors (Lipinski definition) is 4. The highest BCUT2D eigenvalue weighted by molar-refractivity contribution is 9.10. The van der Waals surface area contributed by atoms with Crippen LogP contribution in [0.2, 0.25) is 0 Å². The molecule has 0 bridgehead atoms. The molecule has 0 unspecified atom stereocenters. The Hall–Kier alpha value is -1.62. The zero-order valence-electron chi connectivity index (χ0n) is 13.9. The van der Waals surface area contributed by atoms with Crippen molar-refractivity contribution in [3.63, 3.8) is 0 Å². The summed E-state index contributed by atoms with van der Waals surface area (Å²) in [4.78, 5) is 11.5. The van der Waals surface area contributed by atoms with E-state index in [2.05, 4.69) is 74.2 Å². The van der Waals surface area contributed by atoms with Crippen LogP contribution in [0.1, 0.15) is 31.2 Å². The Morgan fingerprint density at radius 2 is 1.87 bits per heavy atom. The van der Waals surface area contributed by atoms with Crippen molar-refractivity contribution in [1.29, 1.82) is 0 Å². The minimum atomic E-state index is 0.801. The molecule has 0 atom stereocenters. The zero-order valence-corrected chi connectivity index (χ0v) is 15.5. The van der Waals surface area contributed by atoms with Crippen LogP contribution >= 0.6 is 15.9 Å². The summed E-state index contributed by atoms with van der Waals surface area (Å²) in [5.74, 6) is 3.49. The monoisotopic (exact) mass is 374 g/mol. The van der Waals surface area contributed by atoms with Crippen LogP contribution in [0.15, 0.2) is 28.7 Å². The second kappa shape index (κ2) is 6.87. The van der Waals surface area contributed by atoms with Gasteiger partial charge in [-0.2, -0.15) is 0 Å². The van der Waals surface area contributed by atoms with Crippen LogP contribution in [0, 0.1) is 19.8 Å². The highest BCUT2D eigenvalue weighted by atomic mass is 79.9. The van der Waals surface area contributed by atoms with Gasteiger partial charge in [-0.25, -0.2) is 9.97 Å². The number of benzene rings is 1. The van der Waals surface area contributed by atoms with Crippen molar-refractivity contribution in [2.75, 3.05) is 23.3 Å². The fraction of sp³-hybridized carbons (Fsp3) is 0.444. The highest BCUT2D eigenvalue weighted by Gasteiger charge is 2.18. The van der Waals surface area contributed by atoms with Gasteiger partial charge in [-0.05, 0) is 50.3 Å². The second-order valence-electron chi connectivity index (χ2n) is 6.42. The summed E-state index contributed by atoms with van der Waals surface area (Å²) < 4.78 is 1.10. The first kappa shape index (κ1) is 16.2. The lowest BCUT2D eigenvalue weighted by molar-refractivity contribution is 0.436. The van der Waals surface area contributed by atoms with Crippen LogP contribution in [-0.2, 0) is 0 Å². The SMILES string of the molecule is Cc1nc(Nc2ccc(C)c(Br)c2)cc(N2CCC(C)CC2)n1. The first-order valence-corrected chi connectivity index (χ1v) is 8.94. The van der Waals surface area contributed by atoms with Gasteiger partial charge in [0, 0.05) is 29.3 Å². The molecule has 3 rings (SSSR count). The molecule has 1 aliphatic rings. The van der Waals surface area contributed by atoms with Crippen molar-refractivity contribution in [2.24, 2.45) is 5.92 Å². The standard InChI is InChI=1S/C18H23BrN4/c1-12-6-8-23(9-7-12)18-11-17(20-14(3)21-18)22-15-5-4-13(2)16(19)10-15/h4-5,10-12H,6-9H2,1-3H3,(H,20,21,22). The Bertz CT molecular complexity index is 693. The van der Waals surface area contributed by atoms with Gasteiger partial charge >= 0.3 is 0 Å². The molecular formula is C18H23BrN4. The third-order valence-corrected chi connectivity index (χ3v) is 5.23. The summed E-state index contributed by atoms with van der Waals surface area (Å²) in [6, 6.07) is 8.29. The fourth-order valence-corrected chi connectivity index (χ4v) is 3.21. The summed E-state index contributed by atoms with van der Waals surface area (Å²) in [6.45, 7) is 8.51. The van der Waals surface area contributed by atoms with Crippen LogP contribution in [0.3, 0.4) is 0 Å². The molecule has 1 aliphatic heterocycles. The lowest BCUT2D eigenvalue weighted by Crippen LogP contribution is -2.33. The van der Waals surface area contributed by atoms with E-state index >= 15 is 0 Å². The van der Waals surface area contributed by atoms with Gasteiger partial charge in [0.2, 0.25) is 0 Å². The lowest BCUT2D eigenvalue weighted by Gasteiger charge is -2.31. The third kappa shape index (κ3) is 4.02. The number of aromatic nitrogens is 2. The van der Waals surface area contributed by atoms with Crippen molar-refractivity contribution in [3.05, 3.63) is 40.1 Å². The maximum atomic E-state index is 4.62. The molecule has 1 saturated heterocycles. The first-order chi connectivity index (χ1) is 11.0. The molecule has 2 heterocycles. The highest BCUT2D eigenvalue weighted by Crippen LogP contribution is 2.26. The van der Waals surface area contributed by atoms with Crippen LogP contribution in [-0.4, -0.2) is 23.1 Å². The topological polar surface area (TPSA) is 41.1 Å². The van der Waals surface area contributed by atoms with Crippen molar-refractivity contribution >= 4 is 33.3 Å². The van der Waals surface area contributed by atoms with Crippen molar-refractivity contribution in [3.8, 4) is 0 Å². The van der Waals surface area contributed by atoms with E-state index in [9.17, 15) is 0 Å². The molecule has 2 aromatic rings. The molecular weight excluding hydrogens is 352 g/mol. The van der Waals surface area contributed by atoms with Crippen LogP contribution in [0.25, 0.3) is 0 Å². The minimum Gasteiger partial charge on any atom is -0.356 e. The van der Waals surface area contributed by atoms with Gasteiger partial charge in [0.1, 0.15) is 17.5 Å². The van der Waals surface area contributed by atoms with Crippen molar-refractivity contribution in [2.45, 2.75) is 33.6 Å². The quantitative estimate of drug-likeness (QED) is 0.834. The first-order valence-electron chi connectivity index (χ1n) is 8.15. The Balaban J connectivity index is 1.81. The van der Waals surface area contributed by atoms with E-state index in [1.54, 1.807) is 0 Å². The molecule has 1 N–H and O–H groups in total. The van der Waals surface area contributed by atoms with Crippen LogP contribution in [0.5, 0.6) is 0 Å². The molecule has 1 fully saturated rings. The van der Waals surface area contributed by atoms with Crippen LogP contribution in [0.4, 0.5) is 17.3 Å². The van der Waals surface area contributed by atoms with Gasteiger partial charge in [0.25, 0.3) is 0 Å². The predicted octanol–water partition coefficient (Wildman–Crippen LogP) is 4.84. The molecule has 0 aliphatic carbocycles. The Labute approximate surface area is 146 Å². The molecule has 0 spiro atoms. The molecule has 23 heavy (non-hydrogen) atoms. The molecule has 0 radical (unpaired) electrons. The molecule has 5 heteroatoms. The van der Waals surface area contributed by atoms with E-state index in [4.69, 9.17) is 0 Å². The Morgan fingerprint density at radius 1 is 1.13 bits per heavy atom. The van der Waals surface area contributed by atoms with Gasteiger partial charge in [-0.3, -0.25) is 0 Å². The summed E-state index contributed by atoms with van der Waals surface area (Å²) in [5.41, 5.74) is 2.25.